The summed E-state index contributed by atoms with van der Waals surface area (Å²) in [6, 6.07) is 23.8. The number of rotatable bonds is 9. The van der Waals surface area contributed by atoms with Crippen LogP contribution < -0.4 is 24.8 Å². The van der Waals surface area contributed by atoms with Gasteiger partial charge in [-0.25, -0.2) is 4.79 Å². The third-order valence-corrected chi connectivity index (χ3v) is 3.88. The number of carbonyl (C=O) groups excluding carboxylic acids is 1. The first kappa shape index (κ1) is 20.1. The van der Waals surface area contributed by atoms with Crippen molar-refractivity contribution in [1.29, 1.82) is 0 Å². The number of benzene rings is 3. The Hall–Kier alpha value is -3.67. The number of ether oxygens (including phenoxy) is 3. The van der Waals surface area contributed by atoms with E-state index in [0.717, 1.165) is 5.75 Å². The van der Waals surface area contributed by atoms with Crippen molar-refractivity contribution in [1.82, 2.24) is 5.32 Å². The third-order valence-electron chi connectivity index (χ3n) is 3.88. The molecule has 0 aromatic heterocycles. The minimum absolute atomic E-state index is 0.333. The Labute approximate surface area is 170 Å². The molecule has 0 atom stereocenters. The fourth-order valence-corrected chi connectivity index (χ4v) is 2.59. The lowest BCUT2D eigenvalue weighted by atomic mass is 10.3. The van der Waals surface area contributed by atoms with Gasteiger partial charge in [0.2, 0.25) is 0 Å². The summed E-state index contributed by atoms with van der Waals surface area (Å²) in [5, 5.41) is 5.58. The molecule has 6 nitrogen and oxygen atoms in total. The summed E-state index contributed by atoms with van der Waals surface area (Å²) in [7, 11) is 0. The summed E-state index contributed by atoms with van der Waals surface area (Å²) in [4.78, 5) is 12.2. The second kappa shape index (κ2) is 10.6. The van der Waals surface area contributed by atoms with Crippen molar-refractivity contribution in [3.8, 4) is 23.0 Å². The lowest BCUT2D eigenvalue weighted by molar-refractivity contribution is 0.247. The Balaban J connectivity index is 1.47. The maximum atomic E-state index is 12.2. The lowest BCUT2D eigenvalue weighted by Crippen LogP contribution is -2.32. The summed E-state index contributed by atoms with van der Waals surface area (Å²) in [6.07, 6.45) is 0. The Morgan fingerprint density at radius 3 is 2.31 bits per heavy atom. The SMILES string of the molecule is CCOc1cccc(OCCNC(=O)Nc2ccccc2Oc2ccccc2)c1. The Morgan fingerprint density at radius 2 is 1.52 bits per heavy atom. The van der Waals surface area contributed by atoms with Crippen LogP contribution in [0.4, 0.5) is 10.5 Å². The van der Waals surface area contributed by atoms with Crippen molar-refractivity contribution in [2.24, 2.45) is 0 Å². The smallest absolute Gasteiger partial charge is 0.319 e. The largest absolute Gasteiger partial charge is 0.494 e. The predicted octanol–water partition coefficient (Wildman–Crippen LogP) is 5.08. The van der Waals surface area contributed by atoms with E-state index in [-0.39, 0.29) is 6.03 Å². The van der Waals surface area contributed by atoms with Crippen LogP contribution in [0, 0.1) is 0 Å². The minimum Gasteiger partial charge on any atom is -0.494 e. The Morgan fingerprint density at radius 1 is 0.828 bits per heavy atom. The molecule has 3 aromatic rings. The van der Waals surface area contributed by atoms with Gasteiger partial charge in [-0.3, -0.25) is 0 Å². The van der Waals surface area contributed by atoms with Crippen molar-refractivity contribution >= 4 is 11.7 Å². The molecule has 0 radical (unpaired) electrons. The highest BCUT2D eigenvalue weighted by Crippen LogP contribution is 2.28. The quantitative estimate of drug-likeness (QED) is 0.499. The topological polar surface area (TPSA) is 68.8 Å². The fourth-order valence-electron chi connectivity index (χ4n) is 2.59. The third kappa shape index (κ3) is 6.46. The van der Waals surface area contributed by atoms with Crippen LogP contribution in [0.15, 0.2) is 78.9 Å². The van der Waals surface area contributed by atoms with Crippen LogP contribution in [0.3, 0.4) is 0 Å². The zero-order valence-electron chi connectivity index (χ0n) is 16.3. The molecule has 0 aliphatic carbocycles. The number of anilines is 1. The molecular weight excluding hydrogens is 368 g/mol. The summed E-state index contributed by atoms with van der Waals surface area (Å²) in [6.45, 7) is 3.22. The zero-order valence-corrected chi connectivity index (χ0v) is 16.3. The van der Waals surface area contributed by atoms with Crippen molar-refractivity contribution in [2.45, 2.75) is 6.92 Å². The minimum atomic E-state index is -0.333. The average molecular weight is 392 g/mol. The van der Waals surface area contributed by atoms with Crippen LogP contribution in [0.2, 0.25) is 0 Å². The van der Waals surface area contributed by atoms with Crippen LogP contribution in [-0.4, -0.2) is 25.8 Å². The Kier molecular flexibility index (Phi) is 7.34. The molecule has 0 spiro atoms. The standard InChI is InChI=1S/C23H24N2O4/c1-2-27-19-11-8-12-20(17-19)28-16-15-24-23(26)25-21-13-6-7-14-22(21)29-18-9-4-3-5-10-18/h3-14,17H,2,15-16H2,1H3,(H2,24,25,26). The molecule has 29 heavy (non-hydrogen) atoms. The second-order valence-electron chi connectivity index (χ2n) is 6.05. The number of nitrogens with one attached hydrogen (secondary N) is 2. The van der Waals surface area contributed by atoms with Crippen LogP contribution in [0.25, 0.3) is 0 Å². The molecule has 0 aliphatic rings. The molecule has 6 heteroatoms. The van der Waals surface area contributed by atoms with Crippen molar-refractivity contribution in [3.05, 3.63) is 78.9 Å². The molecule has 0 bridgehead atoms. The average Bonchev–Trinajstić information content (AvgIpc) is 2.74. The molecule has 3 aromatic carbocycles. The fraction of sp³-hybridized carbons (Fsp3) is 0.174. The first-order valence-corrected chi connectivity index (χ1v) is 9.47. The molecule has 0 saturated heterocycles. The monoisotopic (exact) mass is 392 g/mol. The van der Waals surface area contributed by atoms with E-state index < -0.39 is 0 Å². The van der Waals surface area contributed by atoms with Gasteiger partial charge < -0.3 is 24.8 Å². The number of amides is 2. The van der Waals surface area contributed by atoms with Crippen LogP contribution in [-0.2, 0) is 0 Å². The number of hydrogen-bond donors (Lipinski definition) is 2. The molecule has 0 aliphatic heterocycles. The van der Waals surface area contributed by atoms with Gasteiger partial charge in [0.25, 0.3) is 0 Å². The Bertz CT molecular complexity index is 916. The second-order valence-corrected chi connectivity index (χ2v) is 6.05. The molecule has 2 amide bonds. The van der Waals surface area contributed by atoms with Crippen molar-refractivity contribution in [3.63, 3.8) is 0 Å². The normalized spacial score (nSPS) is 10.1. The van der Waals surface area contributed by atoms with E-state index >= 15 is 0 Å². The molecule has 150 valence electrons. The van der Waals surface area contributed by atoms with E-state index in [9.17, 15) is 4.79 Å². The molecule has 0 fully saturated rings. The van der Waals surface area contributed by atoms with E-state index in [4.69, 9.17) is 14.2 Å². The van der Waals surface area contributed by atoms with Gasteiger partial charge in [-0.2, -0.15) is 0 Å². The van der Waals surface area contributed by atoms with Crippen molar-refractivity contribution in [2.75, 3.05) is 25.1 Å². The number of carbonyl (C=O) groups is 1. The highest BCUT2D eigenvalue weighted by atomic mass is 16.5. The van der Waals surface area contributed by atoms with E-state index in [0.29, 0.717) is 42.7 Å². The summed E-state index contributed by atoms with van der Waals surface area (Å²) < 4.78 is 16.9. The molecule has 0 saturated carbocycles. The van der Waals surface area contributed by atoms with Gasteiger partial charge in [-0.05, 0) is 43.3 Å². The van der Waals surface area contributed by atoms with Gasteiger partial charge in [0, 0.05) is 6.07 Å². The lowest BCUT2D eigenvalue weighted by Gasteiger charge is -2.13. The number of hydrogen-bond acceptors (Lipinski definition) is 4. The van der Waals surface area contributed by atoms with Gasteiger partial charge in [0.1, 0.15) is 23.9 Å². The van der Waals surface area contributed by atoms with Crippen LogP contribution >= 0.6 is 0 Å². The summed E-state index contributed by atoms with van der Waals surface area (Å²) in [5.41, 5.74) is 0.583. The first-order valence-electron chi connectivity index (χ1n) is 9.47. The number of para-hydroxylation sites is 3. The van der Waals surface area contributed by atoms with E-state index in [1.807, 2.05) is 73.7 Å². The summed E-state index contributed by atoms with van der Waals surface area (Å²) in [5.74, 6) is 2.72. The van der Waals surface area contributed by atoms with Gasteiger partial charge in [0.05, 0.1) is 18.8 Å². The first-order chi connectivity index (χ1) is 14.2. The molecule has 0 unspecified atom stereocenters. The molecular formula is C23H24N2O4. The molecule has 3 rings (SSSR count). The van der Waals surface area contributed by atoms with E-state index in [2.05, 4.69) is 10.6 Å². The van der Waals surface area contributed by atoms with E-state index in [1.165, 1.54) is 0 Å². The number of urea groups is 1. The van der Waals surface area contributed by atoms with Gasteiger partial charge in [0.15, 0.2) is 5.75 Å². The van der Waals surface area contributed by atoms with Gasteiger partial charge in [-0.1, -0.05) is 36.4 Å². The highest BCUT2D eigenvalue weighted by molar-refractivity contribution is 5.90. The van der Waals surface area contributed by atoms with Crippen LogP contribution in [0.5, 0.6) is 23.0 Å². The zero-order chi connectivity index (χ0) is 20.3. The maximum absolute atomic E-state index is 12.2. The predicted molar refractivity (Wildman–Crippen MR) is 113 cm³/mol. The summed E-state index contributed by atoms with van der Waals surface area (Å²) >= 11 is 0. The molecule has 2 N–H and O–H groups in total. The van der Waals surface area contributed by atoms with Gasteiger partial charge >= 0.3 is 6.03 Å². The van der Waals surface area contributed by atoms with E-state index in [1.54, 1.807) is 12.1 Å². The maximum Gasteiger partial charge on any atom is 0.319 e. The van der Waals surface area contributed by atoms with Crippen molar-refractivity contribution < 1.29 is 19.0 Å². The van der Waals surface area contributed by atoms with Gasteiger partial charge in [-0.15, -0.1) is 0 Å². The molecule has 0 heterocycles. The van der Waals surface area contributed by atoms with Crippen LogP contribution in [0.1, 0.15) is 6.92 Å². The highest BCUT2D eigenvalue weighted by Gasteiger charge is 2.08.